The van der Waals surface area contributed by atoms with Crippen molar-refractivity contribution in [3.63, 3.8) is 0 Å². The molecule has 1 aromatic carbocycles. The number of nitrogens with one attached hydrogen (secondary N) is 1. The maximum atomic E-state index is 4.20. The van der Waals surface area contributed by atoms with Crippen molar-refractivity contribution in [1.29, 1.82) is 0 Å². The minimum atomic E-state index is 0.253. The first-order chi connectivity index (χ1) is 8.08. The van der Waals surface area contributed by atoms with Crippen LogP contribution < -0.4 is 5.32 Å². The molecule has 0 saturated carbocycles. The van der Waals surface area contributed by atoms with Crippen LogP contribution in [-0.4, -0.2) is 9.78 Å². The van der Waals surface area contributed by atoms with Crippen LogP contribution in [0.2, 0.25) is 0 Å². The molecule has 0 aliphatic heterocycles. The predicted octanol–water partition coefficient (Wildman–Crippen LogP) is 3.21. The van der Waals surface area contributed by atoms with Gasteiger partial charge >= 0.3 is 0 Å². The van der Waals surface area contributed by atoms with Crippen LogP contribution in [0.15, 0.2) is 30.5 Å². The van der Waals surface area contributed by atoms with Crippen LogP contribution >= 0.6 is 0 Å². The van der Waals surface area contributed by atoms with Crippen molar-refractivity contribution >= 4 is 5.69 Å². The first-order valence-corrected chi connectivity index (χ1v) is 5.89. The van der Waals surface area contributed by atoms with Crippen LogP contribution in [0.25, 0.3) is 0 Å². The molecule has 1 unspecified atom stereocenters. The van der Waals surface area contributed by atoms with Crippen LogP contribution in [0.4, 0.5) is 5.69 Å². The number of aryl methyl sites for hydroxylation is 3. The summed E-state index contributed by atoms with van der Waals surface area (Å²) in [5, 5.41) is 7.73. The number of rotatable bonds is 3. The highest BCUT2D eigenvalue weighted by atomic mass is 15.3. The first-order valence-electron chi connectivity index (χ1n) is 5.89. The Balaban J connectivity index is 2.21. The van der Waals surface area contributed by atoms with E-state index < -0.39 is 0 Å². The van der Waals surface area contributed by atoms with E-state index in [1.54, 1.807) is 0 Å². The fourth-order valence-corrected chi connectivity index (χ4v) is 2.01. The summed E-state index contributed by atoms with van der Waals surface area (Å²) in [4.78, 5) is 0. The molecule has 0 fully saturated rings. The van der Waals surface area contributed by atoms with Gasteiger partial charge in [-0.1, -0.05) is 12.1 Å². The van der Waals surface area contributed by atoms with Crippen LogP contribution in [0, 0.1) is 13.8 Å². The molecule has 0 saturated heterocycles. The summed E-state index contributed by atoms with van der Waals surface area (Å²) in [7, 11) is 1.97. The van der Waals surface area contributed by atoms with E-state index in [9.17, 15) is 0 Å². The number of hydrogen-bond acceptors (Lipinski definition) is 2. The molecule has 2 aromatic rings. The van der Waals surface area contributed by atoms with Gasteiger partial charge in [0.1, 0.15) is 0 Å². The van der Waals surface area contributed by atoms with Gasteiger partial charge in [0.05, 0.1) is 11.7 Å². The monoisotopic (exact) mass is 229 g/mol. The van der Waals surface area contributed by atoms with E-state index in [4.69, 9.17) is 0 Å². The molecule has 0 spiro atoms. The number of anilines is 1. The summed E-state index contributed by atoms with van der Waals surface area (Å²) < 4.78 is 1.91. The summed E-state index contributed by atoms with van der Waals surface area (Å²) in [6.07, 6.45) is 1.83. The Kier molecular flexibility index (Phi) is 3.18. The molecule has 1 N–H and O–H groups in total. The van der Waals surface area contributed by atoms with Gasteiger partial charge in [-0.25, -0.2) is 0 Å². The average Bonchev–Trinajstić information content (AvgIpc) is 2.70. The Hall–Kier alpha value is -1.77. The van der Waals surface area contributed by atoms with E-state index in [-0.39, 0.29) is 6.04 Å². The average molecular weight is 229 g/mol. The lowest BCUT2D eigenvalue weighted by Gasteiger charge is -2.17. The molecular weight excluding hydrogens is 210 g/mol. The summed E-state index contributed by atoms with van der Waals surface area (Å²) in [6, 6.07) is 8.76. The molecule has 1 atom stereocenters. The zero-order valence-corrected chi connectivity index (χ0v) is 10.9. The third-order valence-electron chi connectivity index (χ3n) is 3.07. The maximum Gasteiger partial charge on any atom is 0.0654 e. The van der Waals surface area contributed by atoms with Crippen molar-refractivity contribution in [3.8, 4) is 0 Å². The molecule has 2 rings (SSSR count). The molecule has 0 aliphatic rings. The minimum absolute atomic E-state index is 0.253. The quantitative estimate of drug-likeness (QED) is 0.875. The molecule has 0 aliphatic carbocycles. The first kappa shape index (κ1) is 11.7. The molecule has 0 amide bonds. The highest BCUT2D eigenvalue weighted by Crippen LogP contribution is 2.22. The van der Waals surface area contributed by atoms with Crippen LogP contribution in [-0.2, 0) is 7.05 Å². The number of nitrogens with zero attached hydrogens (tertiary/aromatic N) is 2. The molecule has 3 nitrogen and oxygen atoms in total. The molecule has 90 valence electrons. The van der Waals surface area contributed by atoms with Crippen molar-refractivity contribution in [3.05, 3.63) is 47.3 Å². The molecule has 1 aromatic heterocycles. The standard InChI is InChI=1S/C14H19N3/c1-10-5-6-11(2)13(9-10)16-12(3)14-7-8-15-17(14)4/h5-9,12,16H,1-4H3. The Labute approximate surface area is 102 Å². The molecule has 1 heterocycles. The van der Waals surface area contributed by atoms with E-state index >= 15 is 0 Å². The molecule has 3 heteroatoms. The van der Waals surface area contributed by atoms with Gasteiger partial charge in [0.25, 0.3) is 0 Å². The zero-order chi connectivity index (χ0) is 12.4. The second-order valence-corrected chi connectivity index (χ2v) is 4.56. The predicted molar refractivity (Wildman–Crippen MR) is 71.2 cm³/mol. The Morgan fingerprint density at radius 1 is 1.24 bits per heavy atom. The van der Waals surface area contributed by atoms with E-state index in [0.29, 0.717) is 0 Å². The number of hydrogen-bond donors (Lipinski definition) is 1. The fraction of sp³-hybridized carbons (Fsp3) is 0.357. The van der Waals surface area contributed by atoms with Gasteiger partial charge in [0.2, 0.25) is 0 Å². The van der Waals surface area contributed by atoms with Gasteiger partial charge in [0, 0.05) is 18.9 Å². The van der Waals surface area contributed by atoms with Gasteiger partial charge in [-0.2, -0.15) is 5.10 Å². The second-order valence-electron chi connectivity index (χ2n) is 4.56. The van der Waals surface area contributed by atoms with Crippen molar-refractivity contribution in [2.75, 3.05) is 5.32 Å². The Morgan fingerprint density at radius 3 is 2.65 bits per heavy atom. The number of benzene rings is 1. The summed E-state index contributed by atoms with van der Waals surface area (Å²) in [6.45, 7) is 6.38. The van der Waals surface area contributed by atoms with Crippen LogP contribution in [0.3, 0.4) is 0 Å². The lowest BCUT2D eigenvalue weighted by atomic mass is 10.1. The fourth-order valence-electron chi connectivity index (χ4n) is 2.01. The van der Waals surface area contributed by atoms with Crippen molar-refractivity contribution in [2.24, 2.45) is 7.05 Å². The van der Waals surface area contributed by atoms with E-state index in [0.717, 1.165) is 0 Å². The van der Waals surface area contributed by atoms with Gasteiger partial charge in [-0.05, 0) is 44.0 Å². The lowest BCUT2D eigenvalue weighted by molar-refractivity contribution is 0.675. The van der Waals surface area contributed by atoms with Gasteiger partial charge in [-0.3, -0.25) is 4.68 Å². The topological polar surface area (TPSA) is 29.9 Å². The van der Waals surface area contributed by atoms with Crippen LogP contribution in [0.1, 0.15) is 29.8 Å². The summed E-state index contributed by atoms with van der Waals surface area (Å²) in [5.74, 6) is 0. The van der Waals surface area contributed by atoms with Crippen molar-refractivity contribution in [2.45, 2.75) is 26.8 Å². The maximum absolute atomic E-state index is 4.20. The smallest absolute Gasteiger partial charge is 0.0654 e. The molecule has 0 radical (unpaired) electrons. The van der Waals surface area contributed by atoms with Gasteiger partial charge in [0.15, 0.2) is 0 Å². The normalized spacial score (nSPS) is 12.5. The molecular formula is C14H19N3. The summed E-state index contributed by atoms with van der Waals surface area (Å²) >= 11 is 0. The highest BCUT2D eigenvalue weighted by molar-refractivity contribution is 5.53. The minimum Gasteiger partial charge on any atom is -0.377 e. The third-order valence-corrected chi connectivity index (χ3v) is 3.07. The summed E-state index contributed by atoms with van der Waals surface area (Å²) in [5.41, 5.74) is 4.92. The van der Waals surface area contributed by atoms with E-state index in [2.05, 4.69) is 49.4 Å². The Morgan fingerprint density at radius 2 is 2.00 bits per heavy atom. The second kappa shape index (κ2) is 4.62. The lowest BCUT2D eigenvalue weighted by Crippen LogP contribution is -2.12. The van der Waals surface area contributed by atoms with Gasteiger partial charge < -0.3 is 5.32 Å². The largest absolute Gasteiger partial charge is 0.377 e. The van der Waals surface area contributed by atoms with E-state index in [1.807, 2.05) is 24.0 Å². The number of aromatic nitrogens is 2. The third kappa shape index (κ3) is 2.49. The van der Waals surface area contributed by atoms with E-state index in [1.165, 1.54) is 22.5 Å². The van der Waals surface area contributed by atoms with Crippen LogP contribution in [0.5, 0.6) is 0 Å². The highest BCUT2D eigenvalue weighted by Gasteiger charge is 2.10. The van der Waals surface area contributed by atoms with Gasteiger partial charge in [-0.15, -0.1) is 0 Å². The molecule has 0 bridgehead atoms. The molecule has 17 heavy (non-hydrogen) atoms. The SMILES string of the molecule is Cc1ccc(C)c(NC(C)c2ccnn2C)c1. The zero-order valence-electron chi connectivity index (χ0n) is 10.9. The van der Waals surface area contributed by atoms with Crippen molar-refractivity contribution in [1.82, 2.24) is 9.78 Å². The Bertz CT molecular complexity index is 514. The van der Waals surface area contributed by atoms with Crippen molar-refractivity contribution < 1.29 is 0 Å².